The molecule has 0 atom stereocenters. The van der Waals surface area contributed by atoms with Crippen molar-refractivity contribution in [2.45, 2.75) is 33.1 Å². The molecule has 0 saturated carbocycles. The van der Waals surface area contributed by atoms with Crippen molar-refractivity contribution in [3.8, 4) is 0 Å². The molecule has 0 bridgehead atoms. The van der Waals surface area contributed by atoms with Gasteiger partial charge in [0.25, 0.3) is 0 Å². The first-order valence-corrected chi connectivity index (χ1v) is 4.62. The molecule has 0 spiro atoms. The van der Waals surface area contributed by atoms with E-state index in [1.54, 1.807) is 11.1 Å². The molecule has 1 aliphatic carbocycles. The van der Waals surface area contributed by atoms with E-state index in [2.05, 4.69) is 26.0 Å². The maximum atomic E-state index is 8.00. The average molecular weight is 267 g/mol. The van der Waals surface area contributed by atoms with E-state index in [1.807, 2.05) is 20.4 Å². The van der Waals surface area contributed by atoms with Gasteiger partial charge in [-0.3, -0.25) is 0 Å². The summed E-state index contributed by atoms with van der Waals surface area (Å²) in [6.45, 7) is 10.5. The number of hydrogen-bond donors (Lipinski definition) is 0. The summed E-state index contributed by atoms with van der Waals surface area (Å²) in [5, 5.41) is 0. The van der Waals surface area contributed by atoms with Crippen molar-refractivity contribution in [3.05, 3.63) is 23.3 Å². The van der Waals surface area contributed by atoms with Gasteiger partial charge < -0.3 is 14.4 Å². The van der Waals surface area contributed by atoms with Gasteiger partial charge >= 0.3 is 0 Å². The molecule has 93 valence electrons. The Morgan fingerprint density at radius 2 is 1.44 bits per heavy atom. The molecule has 0 saturated heterocycles. The second kappa shape index (κ2) is 23.7. The molecule has 1 aliphatic rings. The number of rotatable bonds is 2. The first kappa shape index (κ1) is 24.3. The van der Waals surface area contributed by atoms with Crippen molar-refractivity contribution in [2.75, 3.05) is 0 Å². The monoisotopic (exact) mass is 267 g/mol. The Morgan fingerprint density at radius 1 is 1.00 bits per heavy atom. The van der Waals surface area contributed by atoms with Crippen LogP contribution < -0.4 is 0 Å². The summed E-state index contributed by atoms with van der Waals surface area (Å²) in [4.78, 5) is 24.0. The Morgan fingerprint density at radius 3 is 1.69 bits per heavy atom. The molecular formula is C12H20MnO3. The zero-order chi connectivity index (χ0) is 12.7. The molecule has 0 aromatic rings. The van der Waals surface area contributed by atoms with Crippen LogP contribution in [0.5, 0.6) is 0 Å². The first-order chi connectivity index (χ1) is 7.38. The molecule has 0 aromatic carbocycles. The molecular weight excluding hydrogens is 247 g/mol. The summed E-state index contributed by atoms with van der Waals surface area (Å²) in [7, 11) is 0. The first-order valence-electron chi connectivity index (χ1n) is 4.62. The van der Waals surface area contributed by atoms with Crippen LogP contribution in [0.15, 0.2) is 23.3 Å². The van der Waals surface area contributed by atoms with Gasteiger partial charge in [0.15, 0.2) is 0 Å². The SMILES string of the molecule is C=O.C=O.C=O.CCC1=C(CC)CC=C1.[Mn]. The fourth-order valence-electron chi connectivity index (χ4n) is 1.33. The Balaban J connectivity index is -0.0000000900. The van der Waals surface area contributed by atoms with Gasteiger partial charge in [0.05, 0.1) is 0 Å². The third-order valence-corrected chi connectivity index (χ3v) is 1.95. The summed E-state index contributed by atoms with van der Waals surface area (Å²) in [6, 6.07) is 0. The molecule has 16 heavy (non-hydrogen) atoms. The van der Waals surface area contributed by atoms with E-state index >= 15 is 0 Å². The number of hydrogen-bond acceptors (Lipinski definition) is 3. The summed E-state index contributed by atoms with van der Waals surface area (Å²) in [5.74, 6) is 0. The van der Waals surface area contributed by atoms with Gasteiger partial charge in [0.1, 0.15) is 20.4 Å². The molecule has 0 amide bonds. The molecule has 0 unspecified atom stereocenters. The van der Waals surface area contributed by atoms with Crippen LogP contribution in [0.25, 0.3) is 0 Å². The van der Waals surface area contributed by atoms with Crippen LogP contribution in [-0.4, -0.2) is 20.4 Å². The van der Waals surface area contributed by atoms with Crippen LogP contribution in [0.3, 0.4) is 0 Å². The van der Waals surface area contributed by atoms with Gasteiger partial charge in [-0.1, -0.05) is 31.6 Å². The Labute approximate surface area is 108 Å². The smallest absolute Gasteiger partial charge is 0.106 e. The zero-order valence-corrected chi connectivity index (χ0v) is 11.2. The molecule has 0 heterocycles. The van der Waals surface area contributed by atoms with Crippen LogP contribution in [0.2, 0.25) is 0 Å². The third-order valence-electron chi connectivity index (χ3n) is 1.95. The normalized spacial score (nSPS) is 10.6. The van der Waals surface area contributed by atoms with Gasteiger partial charge in [-0.05, 0) is 24.8 Å². The van der Waals surface area contributed by atoms with Gasteiger partial charge in [0, 0.05) is 17.1 Å². The van der Waals surface area contributed by atoms with Crippen molar-refractivity contribution >= 4 is 20.4 Å². The standard InChI is InChI=1S/C9H14.3CH2O.Mn/c1-3-8-6-5-7-9(8)4-2;3*1-2;/h5-6H,3-4,7H2,1-2H3;3*1H2;. The maximum Gasteiger partial charge on any atom is 0.106 e. The van der Waals surface area contributed by atoms with E-state index < -0.39 is 0 Å². The minimum Gasteiger partial charge on any atom is -0.307 e. The molecule has 1 radical (unpaired) electrons. The molecule has 0 aliphatic heterocycles. The van der Waals surface area contributed by atoms with Crippen molar-refractivity contribution < 1.29 is 31.5 Å². The quantitative estimate of drug-likeness (QED) is 0.722. The average Bonchev–Trinajstić information content (AvgIpc) is 2.84. The van der Waals surface area contributed by atoms with Crippen molar-refractivity contribution in [3.63, 3.8) is 0 Å². The van der Waals surface area contributed by atoms with Crippen LogP contribution in [-0.2, 0) is 31.5 Å². The van der Waals surface area contributed by atoms with Gasteiger partial charge in [-0.15, -0.1) is 0 Å². The molecule has 0 N–H and O–H groups in total. The summed E-state index contributed by atoms with van der Waals surface area (Å²) >= 11 is 0. The Bertz CT molecular complexity index is 196. The summed E-state index contributed by atoms with van der Waals surface area (Å²) < 4.78 is 0. The number of allylic oxidation sites excluding steroid dienone is 4. The molecule has 0 aromatic heterocycles. The van der Waals surface area contributed by atoms with Crippen LogP contribution in [0.4, 0.5) is 0 Å². The van der Waals surface area contributed by atoms with E-state index in [4.69, 9.17) is 14.4 Å². The van der Waals surface area contributed by atoms with Crippen molar-refractivity contribution in [1.29, 1.82) is 0 Å². The summed E-state index contributed by atoms with van der Waals surface area (Å²) in [6.07, 6.45) is 8.17. The Kier molecular flexibility index (Phi) is 35.9. The van der Waals surface area contributed by atoms with Crippen molar-refractivity contribution in [1.82, 2.24) is 0 Å². The van der Waals surface area contributed by atoms with E-state index in [9.17, 15) is 0 Å². The topological polar surface area (TPSA) is 51.2 Å². The van der Waals surface area contributed by atoms with E-state index in [0.717, 1.165) is 0 Å². The van der Waals surface area contributed by atoms with Gasteiger partial charge in [0.2, 0.25) is 0 Å². The van der Waals surface area contributed by atoms with E-state index in [0.29, 0.717) is 0 Å². The fraction of sp³-hybridized carbons (Fsp3) is 0.417. The minimum absolute atomic E-state index is 0. The van der Waals surface area contributed by atoms with Gasteiger partial charge in [-0.25, -0.2) is 0 Å². The van der Waals surface area contributed by atoms with Crippen LogP contribution >= 0.6 is 0 Å². The fourth-order valence-corrected chi connectivity index (χ4v) is 1.33. The largest absolute Gasteiger partial charge is 0.307 e. The molecule has 4 heteroatoms. The van der Waals surface area contributed by atoms with Crippen LogP contribution in [0, 0.1) is 0 Å². The molecule has 0 fully saturated rings. The predicted octanol–water partition coefficient (Wildman–Crippen LogP) is 2.51. The zero-order valence-electron chi connectivity index (χ0n) is 10.0. The van der Waals surface area contributed by atoms with Crippen LogP contribution in [0.1, 0.15) is 33.1 Å². The minimum atomic E-state index is 0. The molecule has 1 rings (SSSR count). The number of carbonyl (C=O) groups is 3. The van der Waals surface area contributed by atoms with E-state index in [1.165, 1.54) is 19.3 Å². The second-order valence-corrected chi connectivity index (χ2v) is 2.44. The Hall–Kier alpha value is -0.991. The maximum absolute atomic E-state index is 8.00. The summed E-state index contributed by atoms with van der Waals surface area (Å²) in [5.41, 5.74) is 3.20. The number of carbonyl (C=O) groups excluding carboxylic acids is 3. The van der Waals surface area contributed by atoms with Crippen molar-refractivity contribution in [2.24, 2.45) is 0 Å². The van der Waals surface area contributed by atoms with Gasteiger partial charge in [-0.2, -0.15) is 0 Å². The molecule has 3 nitrogen and oxygen atoms in total. The van der Waals surface area contributed by atoms with E-state index in [-0.39, 0.29) is 17.1 Å². The second-order valence-electron chi connectivity index (χ2n) is 2.44. The predicted molar refractivity (Wildman–Crippen MR) is 62.7 cm³/mol. The third kappa shape index (κ3) is 11.1.